The molecule has 0 aliphatic heterocycles. The van der Waals surface area contributed by atoms with E-state index in [9.17, 15) is 0 Å². The first-order valence-corrected chi connectivity index (χ1v) is 16.7. The van der Waals surface area contributed by atoms with Gasteiger partial charge in [-0.15, -0.1) is 0 Å². The lowest BCUT2D eigenvalue weighted by Gasteiger charge is -2.21. The number of aromatic nitrogens is 2. The van der Waals surface area contributed by atoms with E-state index >= 15 is 0 Å². The van der Waals surface area contributed by atoms with Crippen LogP contribution in [-0.4, -0.2) is 9.13 Å². The third-order valence-electron chi connectivity index (χ3n) is 10.9. The van der Waals surface area contributed by atoms with Crippen molar-refractivity contribution in [3.8, 4) is 22.5 Å². The summed E-state index contributed by atoms with van der Waals surface area (Å²) in [7, 11) is 0. The molecule has 0 N–H and O–H groups in total. The van der Waals surface area contributed by atoms with Gasteiger partial charge in [0.25, 0.3) is 0 Å². The minimum absolute atomic E-state index is 0.0752. The second-order valence-corrected chi connectivity index (χ2v) is 13.7. The van der Waals surface area contributed by atoms with Gasteiger partial charge in [-0.2, -0.15) is 0 Å². The molecule has 226 valence electrons. The van der Waals surface area contributed by atoms with E-state index in [0.29, 0.717) is 0 Å². The van der Waals surface area contributed by atoms with Crippen molar-refractivity contribution < 1.29 is 4.42 Å². The van der Waals surface area contributed by atoms with Gasteiger partial charge >= 0.3 is 0 Å². The number of rotatable bonds is 2. The van der Waals surface area contributed by atoms with Gasteiger partial charge < -0.3 is 13.6 Å². The summed E-state index contributed by atoms with van der Waals surface area (Å²) in [6.45, 7) is 4.72. The molecule has 0 radical (unpaired) electrons. The predicted octanol–water partition coefficient (Wildman–Crippen LogP) is 12.1. The molecule has 0 saturated carbocycles. The van der Waals surface area contributed by atoms with Crippen LogP contribution in [0, 0.1) is 0 Å². The quantitative estimate of drug-likeness (QED) is 0.190. The highest BCUT2D eigenvalue weighted by Gasteiger charge is 2.36. The molecule has 1 aliphatic rings. The molecule has 0 atom stereocenters. The zero-order valence-electron chi connectivity index (χ0n) is 26.7. The van der Waals surface area contributed by atoms with Crippen molar-refractivity contribution in [3.05, 3.63) is 157 Å². The maximum Gasteiger partial charge on any atom is 0.145 e. The third kappa shape index (κ3) is 3.23. The molecule has 3 heteroatoms. The zero-order chi connectivity index (χ0) is 31.7. The van der Waals surface area contributed by atoms with Crippen LogP contribution in [0.1, 0.15) is 25.0 Å². The average molecular weight is 615 g/mol. The molecule has 0 bridgehead atoms. The van der Waals surface area contributed by atoms with Crippen LogP contribution >= 0.6 is 0 Å². The second kappa shape index (κ2) is 9.05. The van der Waals surface area contributed by atoms with Crippen LogP contribution in [0.25, 0.3) is 88.1 Å². The number of hydrogen-bond acceptors (Lipinski definition) is 1. The largest absolute Gasteiger partial charge is 0.455 e. The second-order valence-electron chi connectivity index (χ2n) is 13.7. The Labute approximate surface area is 276 Å². The molecule has 0 unspecified atom stereocenters. The van der Waals surface area contributed by atoms with Crippen LogP contribution in [0.5, 0.6) is 0 Å². The Bertz CT molecular complexity index is 2970. The van der Waals surface area contributed by atoms with E-state index in [0.717, 1.165) is 38.5 Å². The fourth-order valence-electron chi connectivity index (χ4n) is 8.71. The molecule has 0 fully saturated rings. The summed E-state index contributed by atoms with van der Waals surface area (Å²) >= 11 is 0. The van der Waals surface area contributed by atoms with E-state index in [1.807, 2.05) is 6.07 Å². The number of furan rings is 1. The van der Waals surface area contributed by atoms with Gasteiger partial charge in [0, 0.05) is 43.7 Å². The Balaban J connectivity index is 1.25. The monoisotopic (exact) mass is 614 g/mol. The molecule has 0 spiro atoms. The van der Waals surface area contributed by atoms with Crippen molar-refractivity contribution in [1.29, 1.82) is 0 Å². The Kier molecular flexibility index (Phi) is 4.91. The van der Waals surface area contributed by atoms with Gasteiger partial charge in [-0.1, -0.05) is 92.7 Å². The van der Waals surface area contributed by atoms with Crippen LogP contribution in [-0.2, 0) is 5.41 Å². The van der Waals surface area contributed by atoms with Crippen LogP contribution in [0.2, 0.25) is 0 Å². The highest BCUT2D eigenvalue weighted by atomic mass is 16.3. The molecule has 7 aromatic carbocycles. The summed E-state index contributed by atoms with van der Waals surface area (Å²) in [5, 5.41) is 7.16. The normalized spacial score (nSPS) is 13.8. The minimum Gasteiger partial charge on any atom is -0.455 e. The molecule has 0 saturated heterocycles. The Morgan fingerprint density at radius 3 is 2.02 bits per heavy atom. The maximum atomic E-state index is 6.57. The molecular formula is C45H30N2O. The van der Waals surface area contributed by atoms with Gasteiger partial charge in [0.05, 0.1) is 27.5 Å². The molecule has 11 rings (SSSR count). The van der Waals surface area contributed by atoms with Gasteiger partial charge in [0.15, 0.2) is 0 Å². The van der Waals surface area contributed by atoms with Crippen molar-refractivity contribution in [2.75, 3.05) is 0 Å². The van der Waals surface area contributed by atoms with E-state index in [-0.39, 0.29) is 5.41 Å². The lowest BCUT2D eigenvalue weighted by Crippen LogP contribution is -2.14. The molecule has 3 aromatic heterocycles. The van der Waals surface area contributed by atoms with Crippen molar-refractivity contribution in [2.45, 2.75) is 19.3 Å². The van der Waals surface area contributed by atoms with E-state index in [2.05, 4.69) is 163 Å². The Hall–Kier alpha value is -6.06. The predicted molar refractivity (Wildman–Crippen MR) is 200 cm³/mol. The number of benzene rings is 7. The number of hydrogen-bond donors (Lipinski definition) is 0. The zero-order valence-corrected chi connectivity index (χ0v) is 26.7. The first kappa shape index (κ1) is 26.1. The first-order chi connectivity index (χ1) is 23.6. The number of para-hydroxylation sites is 3. The third-order valence-corrected chi connectivity index (χ3v) is 10.9. The van der Waals surface area contributed by atoms with Crippen molar-refractivity contribution in [1.82, 2.24) is 9.13 Å². The standard InChI is InChI=1S/C45H30N2O/c1-45(2)36-17-9-6-14-29(36)33-25-35-34-24-28(20-22-39(34)46(41(35)26-37(33)45)27-12-4-3-5-13-27)47-38-18-10-7-16-32(38)43-40(47)23-21-31-30-15-8-11-19-42(30)48-44(31)43/h3-26H,1-2H3. The van der Waals surface area contributed by atoms with Crippen LogP contribution < -0.4 is 0 Å². The summed E-state index contributed by atoms with van der Waals surface area (Å²) in [4.78, 5) is 0. The summed E-state index contributed by atoms with van der Waals surface area (Å²) in [5.41, 5.74) is 14.3. The maximum absolute atomic E-state index is 6.57. The summed E-state index contributed by atoms with van der Waals surface area (Å²) in [6.07, 6.45) is 0. The lowest BCUT2D eigenvalue weighted by atomic mass is 9.82. The Morgan fingerprint density at radius 2 is 1.12 bits per heavy atom. The topological polar surface area (TPSA) is 23.0 Å². The van der Waals surface area contributed by atoms with Crippen LogP contribution in [0.3, 0.4) is 0 Å². The van der Waals surface area contributed by atoms with E-state index < -0.39 is 0 Å². The first-order valence-electron chi connectivity index (χ1n) is 16.7. The Morgan fingerprint density at radius 1 is 0.438 bits per heavy atom. The molecule has 1 aliphatic carbocycles. The fraction of sp³-hybridized carbons (Fsp3) is 0.0667. The molecular weight excluding hydrogens is 585 g/mol. The van der Waals surface area contributed by atoms with Crippen molar-refractivity contribution >= 4 is 65.6 Å². The summed E-state index contributed by atoms with van der Waals surface area (Å²) < 4.78 is 11.4. The molecule has 3 heterocycles. The average Bonchev–Trinajstić information content (AvgIpc) is 3.83. The number of nitrogens with zero attached hydrogens (tertiary/aromatic N) is 2. The van der Waals surface area contributed by atoms with Gasteiger partial charge in [0.2, 0.25) is 0 Å². The summed E-state index contributed by atoms with van der Waals surface area (Å²) in [5.74, 6) is 0. The fourth-order valence-corrected chi connectivity index (χ4v) is 8.71. The van der Waals surface area contributed by atoms with Gasteiger partial charge in [-0.05, 0) is 89.0 Å². The van der Waals surface area contributed by atoms with E-state index in [1.54, 1.807) is 0 Å². The van der Waals surface area contributed by atoms with Crippen molar-refractivity contribution in [3.63, 3.8) is 0 Å². The van der Waals surface area contributed by atoms with Crippen LogP contribution in [0.15, 0.2) is 150 Å². The SMILES string of the molecule is CC1(C)c2ccccc2-c2cc3c4cc(-n5c6ccccc6c6c7oc8ccccc8c7ccc65)ccc4n(-c4ccccc4)c3cc21. The highest BCUT2D eigenvalue weighted by Crippen LogP contribution is 2.51. The lowest BCUT2D eigenvalue weighted by molar-refractivity contribution is 0.661. The smallest absolute Gasteiger partial charge is 0.145 e. The van der Waals surface area contributed by atoms with Gasteiger partial charge in [-0.25, -0.2) is 0 Å². The van der Waals surface area contributed by atoms with Gasteiger partial charge in [0.1, 0.15) is 11.2 Å². The molecule has 0 amide bonds. The molecule has 48 heavy (non-hydrogen) atoms. The summed E-state index contributed by atoms with van der Waals surface area (Å²) in [6, 6.07) is 53.1. The van der Waals surface area contributed by atoms with Gasteiger partial charge in [-0.3, -0.25) is 0 Å². The number of fused-ring (bicyclic) bond motifs is 13. The highest BCUT2D eigenvalue weighted by molar-refractivity contribution is 6.24. The van der Waals surface area contributed by atoms with E-state index in [1.165, 1.54) is 60.6 Å². The van der Waals surface area contributed by atoms with Crippen LogP contribution in [0.4, 0.5) is 0 Å². The molecule has 3 nitrogen and oxygen atoms in total. The van der Waals surface area contributed by atoms with Crippen molar-refractivity contribution in [2.24, 2.45) is 0 Å². The molecule has 10 aromatic rings. The van der Waals surface area contributed by atoms with E-state index in [4.69, 9.17) is 4.42 Å². The minimum atomic E-state index is -0.0752.